The van der Waals surface area contributed by atoms with Crippen LogP contribution in [0.3, 0.4) is 0 Å². The predicted molar refractivity (Wildman–Crippen MR) is 33.5 cm³/mol. The number of rotatable bonds is 4. The quantitative estimate of drug-likeness (QED) is 0.544. The van der Waals surface area contributed by atoms with Crippen molar-refractivity contribution in [1.82, 2.24) is 0 Å². The fourth-order valence-corrected chi connectivity index (χ4v) is 0.612. The summed E-state index contributed by atoms with van der Waals surface area (Å²) in [6.45, 7) is 2.55. The zero-order chi connectivity index (χ0) is 6.41. The van der Waals surface area contributed by atoms with Crippen molar-refractivity contribution in [2.45, 2.75) is 19.8 Å². The molecule has 0 bridgehead atoms. The van der Waals surface area contributed by atoms with Gasteiger partial charge in [-0.15, -0.1) is 0 Å². The molecule has 1 atom stereocenters. The van der Waals surface area contributed by atoms with E-state index in [4.69, 9.17) is 5.73 Å². The molecule has 2 heteroatoms. The van der Waals surface area contributed by atoms with Gasteiger partial charge in [0, 0.05) is 12.5 Å². The Balaban J connectivity index is 3.21. The highest BCUT2D eigenvalue weighted by Crippen LogP contribution is 1.98. The van der Waals surface area contributed by atoms with Crippen LogP contribution in [-0.2, 0) is 4.79 Å². The molecule has 0 aliphatic heterocycles. The standard InChI is InChI=1S/C6H13NO/c1-2-3-6(4-7)5-8/h5-6H,2-4,7H2,1H3. The summed E-state index contributed by atoms with van der Waals surface area (Å²) in [7, 11) is 0. The normalized spacial score (nSPS) is 13.2. The summed E-state index contributed by atoms with van der Waals surface area (Å²) in [4.78, 5) is 10.0. The fraction of sp³-hybridized carbons (Fsp3) is 0.833. The maximum atomic E-state index is 10.0. The molecule has 1 unspecified atom stereocenters. The minimum atomic E-state index is 0.0972. The van der Waals surface area contributed by atoms with Crippen LogP contribution in [0.15, 0.2) is 0 Å². The van der Waals surface area contributed by atoms with Gasteiger partial charge in [0.15, 0.2) is 0 Å². The second-order valence-electron chi connectivity index (χ2n) is 1.92. The van der Waals surface area contributed by atoms with E-state index in [1.165, 1.54) is 0 Å². The van der Waals surface area contributed by atoms with Gasteiger partial charge in [0.2, 0.25) is 0 Å². The number of hydrogen-bond donors (Lipinski definition) is 1. The lowest BCUT2D eigenvalue weighted by molar-refractivity contribution is -0.111. The van der Waals surface area contributed by atoms with Crippen LogP contribution in [0.25, 0.3) is 0 Å². The van der Waals surface area contributed by atoms with Gasteiger partial charge in [-0.3, -0.25) is 0 Å². The maximum absolute atomic E-state index is 10.0. The molecule has 0 saturated carbocycles. The highest BCUT2D eigenvalue weighted by Gasteiger charge is 2.00. The summed E-state index contributed by atoms with van der Waals surface area (Å²) in [5.41, 5.74) is 5.24. The molecule has 0 fully saturated rings. The Morgan fingerprint density at radius 1 is 1.75 bits per heavy atom. The molecule has 0 heterocycles. The van der Waals surface area contributed by atoms with Gasteiger partial charge in [0.05, 0.1) is 0 Å². The molecule has 0 aliphatic rings. The van der Waals surface area contributed by atoms with E-state index < -0.39 is 0 Å². The van der Waals surface area contributed by atoms with Crippen molar-refractivity contribution in [3.63, 3.8) is 0 Å². The molecular formula is C6H13NO. The summed E-state index contributed by atoms with van der Waals surface area (Å²) in [5.74, 6) is 0.0972. The first kappa shape index (κ1) is 7.63. The molecular weight excluding hydrogens is 102 g/mol. The number of aldehydes is 1. The highest BCUT2D eigenvalue weighted by atomic mass is 16.1. The van der Waals surface area contributed by atoms with Crippen molar-refractivity contribution in [1.29, 1.82) is 0 Å². The van der Waals surface area contributed by atoms with Crippen LogP contribution < -0.4 is 5.73 Å². The molecule has 2 N–H and O–H groups in total. The Morgan fingerprint density at radius 2 is 2.38 bits per heavy atom. The second-order valence-corrected chi connectivity index (χ2v) is 1.92. The third-order valence-electron chi connectivity index (χ3n) is 1.15. The smallest absolute Gasteiger partial charge is 0.124 e. The largest absolute Gasteiger partial charge is 0.330 e. The van der Waals surface area contributed by atoms with Crippen LogP contribution in [0.4, 0.5) is 0 Å². The topological polar surface area (TPSA) is 43.1 Å². The first-order valence-corrected chi connectivity index (χ1v) is 3.00. The summed E-state index contributed by atoms with van der Waals surface area (Å²) in [6.07, 6.45) is 2.91. The van der Waals surface area contributed by atoms with Gasteiger partial charge in [-0.2, -0.15) is 0 Å². The number of hydrogen-bond acceptors (Lipinski definition) is 2. The minimum absolute atomic E-state index is 0.0972. The molecule has 0 aliphatic carbocycles. The summed E-state index contributed by atoms with van der Waals surface area (Å²) < 4.78 is 0. The first-order valence-electron chi connectivity index (χ1n) is 3.00. The Hall–Kier alpha value is -0.370. The van der Waals surface area contributed by atoms with Crippen molar-refractivity contribution in [2.24, 2.45) is 11.7 Å². The number of nitrogens with two attached hydrogens (primary N) is 1. The fourth-order valence-electron chi connectivity index (χ4n) is 0.612. The van der Waals surface area contributed by atoms with Gasteiger partial charge in [0.25, 0.3) is 0 Å². The van der Waals surface area contributed by atoms with Gasteiger partial charge in [-0.1, -0.05) is 13.3 Å². The average molecular weight is 115 g/mol. The lowest BCUT2D eigenvalue weighted by atomic mass is 10.1. The molecule has 48 valence electrons. The van der Waals surface area contributed by atoms with E-state index in [0.717, 1.165) is 19.1 Å². The van der Waals surface area contributed by atoms with Crippen LogP contribution in [0.1, 0.15) is 19.8 Å². The molecule has 0 aromatic rings. The van der Waals surface area contributed by atoms with E-state index in [1.807, 2.05) is 6.92 Å². The van der Waals surface area contributed by atoms with Gasteiger partial charge < -0.3 is 10.5 Å². The van der Waals surface area contributed by atoms with Gasteiger partial charge >= 0.3 is 0 Å². The first-order chi connectivity index (χ1) is 3.85. The molecule has 2 nitrogen and oxygen atoms in total. The van der Waals surface area contributed by atoms with Gasteiger partial charge in [0.1, 0.15) is 6.29 Å². The third kappa shape index (κ3) is 2.75. The van der Waals surface area contributed by atoms with Crippen LogP contribution in [0.2, 0.25) is 0 Å². The van der Waals surface area contributed by atoms with Crippen molar-refractivity contribution >= 4 is 6.29 Å². The monoisotopic (exact) mass is 115 g/mol. The lowest BCUT2D eigenvalue weighted by Crippen LogP contribution is -2.14. The molecule has 0 aromatic carbocycles. The van der Waals surface area contributed by atoms with E-state index in [0.29, 0.717) is 6.54 Å². The van der Waals surface area contributed by atoms with Crippen molar-refractivity contribution in [2.75, 3.05) is 6.54 Å². The molecule has 0 aromatic heterocycles. The molecule has 0 amide bonds. The van der Waals surface area contributed by atoms with Crippen LogP contribution >= 0.6 is 0 Å². The SMILES string of the molecule is CCCC(C=O)CN. The van der Waals surface area contributed by atoms with E-state index in [9.17, 15) is 4.79 Å². The van der Waals surface area contributed by atoms with E-state index in [1.54, 1.807) is 0 Å². The van der Waals surface area contributed by atoms with Crippen LogP contribution in [-0.4, -0.2) is 12.8 Å². The van der Waals surface area contributed by atoms with Crippen molar-refractivity contribution in [3.8, 4) is 0 Å². The Kier molecular flexibility index (Phi) is 4.56. The van der Waals surface area contributed by atoms with Crippen LogP contribution in [0, 0.1) is 5.92 Å². The zero-order valence-corrected chi connectivity index (χ0v) is 5.26. The van der Waals surface area contributed by atoms with E-state index >= 15 is 0 Å². The number of carbonyl (C=O) groups is 1. The summed E-state index contributed by atoms with van der Waals surface area (Å²) in [6, 6.07) is 0. The molecule has 8 heavy (non-hydrogen) atoms. The average Bonchev–Trinajstić information content (AvgIpc) is 1.83. The third-order valence-corrected chi connectivity index (χ3v) is 1.15. The molecule has 0 spiro atoms. The van der Waals surface area contributed by atoms with Crippen molar-refractivity contribution in [3.05, 3.63) is 0 Å². The molecule has 0 saturated heterocycles. The second kappa shape index (κ2) is 4.78. The number of carbonyl (C=O) groups excluding carboxylic acids is 1. The molecule has 0 rings (SSSR count). The minimum Gasteiger partial charge on any atom is -0.330 e. The predicted octanol–water partition coefficient (Wildman–Crippen LogP) is 0.560. The molecule has 0 radical (unpaired) electrons. The summed E-state index contributed by atoms with van der Waals surface area (Å²) >= 11 is 0. The van der Waals surface area contributed by atoms with Gasteiger partial charge in [-0.05, 0) is 6.42 Å². The summed E-state index contributed by atoms with van der Waals surface area (Å²) in [5, 5.41) is 0. The Morgan fingerprint density at radius 3 is 2.50 bits per heavy atom. The van der Waals surface area contributed by atoms with Crippen molar-refractivity contribution < 1.29 is 4.79 Å². The van der Waals surface area contributed by atoms with Crippen LogP contribution in [0.5, 0.6) is 0 Å². The highest BCUT2D eigenvalue weighted by molar-refractivity contribution is 5.53. The Labute approximate surface area is 50.1 Å². The lowest BCUT2D eigenvalue weighted by Gasteiger charge is -2.01. The zero-order valence-electron chi connectivity index (χ0n) is 5.26. The Bertz CT molecular complexity index is 63.5. The van der Waals surface area contributed by atoms with E-state index in [2.05, 4.69) is 0 Å². The maximum Gasteiger partial charge on any atom is 0.124 e. The van der Waals surface area contributed by atoms with Gasteiger partial charge in [-0.25, -0.2) is 0 Å². The van der Waals surface area contributed by atoms with E-state index in [-0.39, 0.29) is 5.92 Å².